The largest absolute Gasteiger partial charge is 0.370 e. The van der Waals surface area contributed by atoms with E-state index in [2.05, 4.69) is 44.5 Å². The van der Waals surface area contributed by atoms with Crippen LogP contribution in [0.25, 0.3) is 0 Å². The predicted molar refractivity (Wildman–Crippen MR) is 82.8 cm³/mol. The third-order valence-corrected chi connectivity index (χ3v) is 3.42. The first-order valence-electron chi connectivity index (χ1n) is 6.81. The lowest BCUT2D eigenvalue weighted by Gasteiger charge is -2.15. The molecule has 0 aliphatic rings. The fourth-order valence-corrected chi connectivity index (χ4v) is 2.48. The molecule has 2 aromatic rings. The maximum atomic E-state index is 4.56. The minimum absolute atomic E-state index is 0.722. The maximum Gasteiger partial charge on any atom is 0.144 e. The number of nitrogens with zero attached hydrogens (tertiary/aromatic N) is 4. The molecule has 0 aliphatic heterocycles. The highest BCUT2D eigenvalue weighted by atomic mass is 32.1. The van der Waals surface area contributed by atoms with Crippen LogP contribution in [0.4, 0.5) is 5.82 Å². The highest BCUT2D eigenvalue weighted by Gasteiger charge is 2.07. The molecular weight excluding hydrogens is 270 g/mol. The van der Waals surface area contributed by atoms with Crippen LogP contribution in [0, 0.1) is 6.92 Å². The molecular formula is C14H21N5S. The van der Waals surface area contributed by atoms with Crippen LogP contribution >= 0.6 is 11.3 Å². The second-order valence-corrected chi connectivity index (χ2v) is 5.61. The number of hydrogen-bond acceptors (Lipinski definition) is 6. The van der Waals surface area contributed by atoms with E-state index in [0.717, 1.165) is 49.1 Å². The Labute approximate surface area is 124 Å². The molecule has 6 heteroatoms. The zero-order valence-corrected chi connectivity index (χ0v) is 13.1. The molecule has 1 N–H and O–H groups in total. The van der Waals surface area contributed by atoms with Gasteiger partial charge in [0.15, 0.2) is 0 Å². The molecule has 0 aliphatic carbocycles. The van der Waals surface area contributed by atoms with E-state index in [1.807, 2.05) is 18.5 Å². The lowest BCUT2D eigenvalue weighted by atomic mass is 10.3. The van der Waals surface area contributed by atoms with E-state index in [9.17, 15) is 0 Å². The lowest BCUT2D eigenvalue weighted by Crippen LogP contribution is -2.19. The maximum absolute atomic E-state index is 4.56. The summed E-state index contributed by atoms with van der Waals surface area (Å²) in [6, 6.07) is 1.99. The van der Waals surface area contributed by atoms with E-state index in [1.165, 1.54) is 0 Å². The van der Waals surface area contributed by atoms with Crippen LogP contribution < -0.4 is 5.32 Å². The Morgan fingerprint density at radius 3 is 2.85 bits per heavy atom. The summed E-state index contributed by atoms with van der Waals surface area (Å²) < 4.78 is 0. The van der Waals surface area contributed by atoms with E-state index in [4.69, 9.17) is 0 Å². The predicted octanol–water partition coefficient (Wildman–Crippen LogP) is 2.70. The molecule has 5 nitrogen and oxygen atoms in total. The van der Waals surface area contributed by atoms with Crippen LogP contribution in [0.2, 0.25) is 0 Å². The Hall–Kier alpha value is -1.53. The molecule has 0 bridgehead atoms. The Morgan fingerprint density at radius 1 is 1.30 bits per heavy atom. The highest BCUT2D eigenvalue weighted by molar-refractivity contribution is 7.07. The normalized spacial score (nSPS) is 11.0. The van der Waals surface area contributed by atoms with Gasteiger partial charge in [-0.15, -0.1) is 11.3 Å². The van der Waals surface area contributed by atoms with Gasteiger partial charge in [-0.2, -0.15) is 0 Å². The van der Waals surface area contributed by atoms with E-state index in [-0.39, 0.29) is 0 Å². The first-order valence-corrected chi connectivity index (χ1v) is 7.75. The minimum atomic E-state index is 0.722. The van der Waals surface area contributed by atoms with Gasteiger partial charge in [0.25, 0.3) is 0 Å². The summed E-state index contributed by atoms with van der Waals surface area (Å²) >= 11 is 1.62. The molecule has 0 amide bonds. The first-order chi connectivity index (χ1) is 9.67. The molecule has 0 saturated heterocycles. The summed E-state index contributed by atoms with van der Waals surface area (Å²) in [5, 5.41) is 5.39. The molecule has 2 rings (SSSR count). The smallest absolute Gasteiger partial charge is 0.144 e. The van der Waals surface area contributed by atoms with Crippen LogP contribution in [0.15, 0.2) is 17.0 Å². The van der Waals surface area contributed by atoms with Gasteiger partial charge in [-0.25, -0.2) is 15.0 Å². The van der Waals surface area contributed by atoms with Crippen LogP contribution in [0.5, 0.6) is 0 Å². The second kappa shape index (κ2) is 7.31. The van der Waals surface area contributed by atoms with Crippen LogP contribution in [-0.2, 0) is 13.1 Å². The molecule has 0 atom stereocenters. The van der Waals surface area contributed by atoms with Crippen molar-refractivity contribution in [1.82, 2.24) is 19.9 Å². The molecule has 0 fully saturated rings. The van der Waals surface area contributed by atoms with Crippen molar-refractivity contribution < 1.29 is 0 Å². The van der Waals surface area contributed by atoms with Gasteiger partial charge in [0.05, 0.1) is 17.7 Å². The molecule has 0 unspecified atom stereocenters. The van der Waals surface area contributed by atoms with E-state index >= 15 is 0 Å². The third kappa shape index (κ3) is 4.54. The zero-order valence-electron chi connectivity index (χ0n) is 12.3. The summed E-state index contributed by atoms with van der Waals surface area (Å²) in [7, 11) is 2.06. The SMILES string of the molecule is CCCNc1cc(C)nc(CN(C)Cc2cscn2)n1. The second-order valence-electron chi connectivity index (χ2n) is 4.89. The van der Waals surface area contributed by atoms with Crippen LogP contribution in [0.3, 0.4) is 0 Å². The average molecular weight is 291 g/mol. The van der Waals surface area contributed by atoms with Crippen LogP contribution in [0.1, 0.15) is 30.6 Å². The van der Waals surface area contributed by atoms with Crippen molar-refractivity contribution in [2.24, 2.45) is 0 Å². The monoisotopic (exact) mass is 291 g/mol. The summed E-state index contributed by atoms with van der Waals surface area (Å²) in [4.78, 5) is 15.5. The fraction of sp³-hybridized carbons (Fsp3) is 0.500. The quantitative estimate of drug-likeness (QED) is 0.850. The first kappa shape index (κ1) is 14.9. The van der Waals surface area contributed by atoms with Gasteiger partial charge in [-0.05, 0) is 20.4 Å². The lowest BCUT2D eigenvalue weighted by molar-refractivity contribution is 0.307. The minimum Gasteiger partial charge on any atom is -0.370 e. The number of hydrogen-bond donors (Lipinski definition) is 1. The molecule has 0 spiro atoms. The number of aryl methyl sites for hydroxylation is 1. The van der Waals surface area contributed by atoms with Crippen molar-refractivity contribution >= 4 is 17.2 Å². The zero-order chi connectivity index (χ0) is 14.4. The van der Waals surface area contributed by atoms with Gasteiger partial charge in [0.2, 0.25) is 0 Å². The standard InChI is InChI=1S/C14H21N5S/c1-4-5-15-13-6-11(2)17-14(18-13)8-19(3)7-12-9-20-10-16-12/h6,9-10H,4-5,7-8H2,1-3H3,(H,15,17,18). The fourth-order valence-electron chi connectivity index (χ4n) is 1.93. The number of anilines is 1. The summed E-state index contributed by atoms with van der Waals surface area (Å²) in [6.45, 7) is 6.62. The molecule has 0 radical (unpaired) electrons. The summed E-state index contributed by atoms with van der Waals surface area (Å²) in [6.07, 6.45) is 1.09. The van der Waals surface area contributed by atoms with Gasteiger partial charge in [-0.3, -0.25) is 4.90 Å². The molecule has 0 aromatic carbocycles. The van der Waals surface area contributed by atoms with Crippen LogP contribution in [-0.4, -0.2) is 33.4 Å². The van der Waals surface area contributed by atoms with Crippen molar-refractivity contribution in [1.29, 1.82) is 0 Å². The van der Waals surface area contributed by atoms with Crippen molar-refractivity contribution in [3.05, 3.63) is 34.2 Å². The van der Waals surface area contributed by atoms with Gasteiger partial charge >= 0.3 is 0 Å². The Kier molecular flexibility index (Phi) is 5.43. The Morgan fingerprint density at radius 2 is 2.15 bits per heavy atom. The number of aromatic nitrogens is 3. The molecule has 0 saturated carbocycles. The van der Waals surface area contributed by atoms with E-state index in [0.29, 0.717) is 0 Å². The van der Waals surface area contributed by atoms with E-state index in [1.54, 1.807) is 11.3 Å². The van der Waals surface area contributed by atoms with E-state index < -0.39 is 0 Å². The number of nitrogens with one attached hydrogen (secondary N) is 1. The summed E-state index contributed by atoms with van der Waals surface area (Å²) in [5.41, 5.74) is 3.95. The Balaban J connectivity index is 1.98. The van der Waals surface area contributed by atoms with Gasteiger partial charge in [0.1, 0.15) is 11.6 Å². The average Bonchev–Trinajstić information content (AvgIpc) is 2.88. The van der Waals surface area contributed by atoms with Crippen molar-refractivity contribution in [3.8, 4) is 0 Å². The highest BCUT2D eigenvalue weighted by Crippen LogP contribution is 2.10. The van der Waals surface area contributed by atoms with Crippen molar-refractivity contribution in [2.45, 2.75) is 33.4 Å². The molecule has 2 heterocycles. The third-order valence-electron chi connectivity index (χ3n) is 2.78. The Bertz CT molecular complexity index is 526. The molecule has 2 aromatic heterocycles. The molecule has 108 valence electrons. The van der Waals surface area contributed by atoms with Crippen molar-refractivity contribution in [2.75, 3.05) is 18.9 Å². The van der Waals surface area contributed by atoms with Gasteiger partial charge in [0, 0.05) is 30.2 Å². The molecule has 20 heavy (non-hydrogen) atoms. The van der Waals surface area contributed by atoms with Gasteiger partial charge in [-0.1, -0.05) is 6.92 Å². The number of rotatable bonds is 7. The number of thiazole rings is 1. The summed E-state index contributed by atoms with van der Waals surface area (Å²) in [5.74, 6) is 1.76. The van der Waals surface area contributed by atoms with Crippen molar-refractivity contribution in [3.63, 3.8) is 0 Å². The van der Waals surface area contributed by atoms with Gasteiger partial charge < -0.3 is 5.32 Å². The topological polar surface area (TPSA) is 53.9 Å².